The standard InChI is InChI=1S/C10H12N2O2/c1-7-5-3-4-6-8(7)9(12-14)10(13)11-2/h3-6,14H,1-2H3,(H,11,13)/b12-9-. The fourth-order valence-electron chi connectivity index (χ4n) is 1.18. The Morgan fingerprint density at radius 3 is 2.57 bits per heavy atom. The number of hydrogen-bond donors (Lipinski definition) is 2. The van der Waals surface area contributed by atoms with Gasteiger partial charge in [-0.05, 0) is 12.5 Å². The van der Waals surface area contributed by atoms with Crippen LogP contribution in [0.1, 0.15) is 11.1 Å². The van der Waals surface area contributed by atoms with Gasteiger partial charge in [0.1, 0.15) is 0 Å². The minimum atomic E-state index is -0.401. The first-order chi connectivity index (χ1) is 6.70. The molecule has 0 aliphatic carbocycles. The molecule has 0 spiro atoms. The van der Waals surface area contributed by atoms with Gasteiger partial charge in [-0.25, -0.2) is 0 Å². The van der Waals surface area contributed by atoms with Crippen LogP contribution in [0.15, 0.2) is 29.4 Å². The lowest BCUT2D eigenvalue weighted by atomic mass is 10.0. The number of carbonyl (C=O) groups excluding carboxylic acids is 1. The molecule has 0 atom stereocenters. The van der Waals surface area contributed by atoms with Gasteiger partial charge in [0.05, 0.1) is 0 Å². The lowest BCUT2D eigenvalue weighted by molar-refractivity contribution is -0.114. The Balaban J connectivity index is 3.15. The average Bonchev–Trinajstić information content (AvgIpc) is 2.21. The van der Waals surface area contributed by atoms with Gasteiger partial charge in [-0.1, -0.05) is 29.4 Å². The van der Waals surface area contributed by atoms with Crippen LogP contribution in [-0.4, -0.2) is 23.9 Å². The van der Waals surface area contributed by atoms with E-state index in [0.717, 1.165) is 5.56 Å². The van der Waals surface area contributed by atoms with Crippen molar-refractivity contribution in [2.45, 2.75) is 6.92 Å². The Morgan fingerprint density at radius 2 is 2.07 bits per heavy atom. The van der Waals surface area contributed by atoms with Crippen LogP contribution in [0, 0.1) is 6.92 Å². The zero-order chi connectivity index (χ0) is 10.6. The molecule has 0 saturated heterocycles. The van der Waals surface area contributed by atoms with Gasteiger partial charge in [0, 0.05) is 12.6 Å². The number of amides is 1. The van der Waals surface area contributed by atoms with Crippen LogP contribution in [-0.2, 0) is 4.79 Å². The molecule has 0 fully saturated rings. The Bertz CT molecular complexity index is 372. The number of nitrogens with one attached hydrogen (secondary N) is 1. The molecule has 0 bridgehead atoms. The van der Waals surface area contributed by atoms with Gasteiger partial charge in [0.25, 0.3) is 5.91 Å². The topological polar surface area (TPSA) is 61.7 Å². The predicted molar refractivity (Wildman–Crippen MR) is 53.6 cm³/mol. The summed E-state index contributed by atoms with van der Waals surface area (Å²) in [6.45, 7) is 1.85. The van der Waals surface area contributed by atoms with Gasteiger partial charge in [-0.3, -0.25) is 4.79 Å². The lowest BCUT2D eigenvalue weighted by Gasteiger charge is -2.05. The molecule has 0 aliphatic heterocycles. The smallest absolute Gasteiger partial charge is 0.273 e. The second-order valence-corrected chi connectivity index (χ2v) is 2.84. The van der Waals surface area contributed by atoms with Crippen LogP contribution < -0.4 is 5.32 Å². The Morgan fingerprint density at radius 1 is 1.43 bits per heavy atom. The van der Waals surface area contributed by atoms with Gasteiger partial charge in [0.2, 0.25) is 0 Å². The third kappa shape index (κ3) is 1.90. The van der Waals surface area contributed by atoms with Crippen molar-refractivity contribution in [2.24, 2.45) is 5.16 Å². The molecule has 0 unspecified atom stereocenters. The minimum Gasteiger partial charge on any atom is -0.410 e. The van der Waals surface area contributed by atoms with Gasteiger partial charge in [-0.2, -0.15) is 0 Å². The summed E-state index contributed by atoms with van der Waals surface area (Å²) < 4.78 is 0. The molecule has 0 aliphatic rings. The first-order valence-electron chi connectivity index (χ1n) is 4.21. The van der Waals surface area contributed by atoms with Gasteiger partial charge in [-0.15, -0.1) is 0 Å². The Labute approximate surface area is 82.2 Å². The normalized spacial score (nSPS) is 11.1. The highest BCUT2D eigenvalue weighted by atomic mass is 16.4. The predicted octanol–water partition coefficient (Wildman–Crippen LogP) is 0.919. The summed E-state index contributed by atoms with van der Waals surface area (Å²) in [7, 11) is 1.49. The molecule has 4 heteroatoms. The van der Waals surface area contributed by atoms with Crippen LogP contribution in [0.2, 0.25) is 0 Å². The molecular formula is C10H12N2O2. The fourth-order valence-corrected chi connectivity index (χ4v) is 1.18. The number of hydrogen-bond acceptors (Lipinski definition) is 3. The number of benzene rings is 1. The summed E-state index contributed by atoms with van der Waals surface area (Å²) in [5.74, 6) is -0.401. The van der Waals surface area contributed by atoms with Crippen LogP contribution in [0.3, 0.4) is 0 Å². The van der Waals surface area contributed by atoms with E-state index in [1.54, 1.807) is 12.1 Å². The zero-order valence-corrected chi connectivity index (χ0v) is 8.11. The van der Waals surface area contributed by atoms with E-state index in [0.29, 0.717) is 5.56 Å². The fraction of sp³-hybridized carbons (Fsp3) is 0.200. The Kier molecular flexibility index (Phi) is 3.23. The molecular weight excluding hydrogens is 180 g/mol. The average molecular weight is 192 g/mol. The molecule has 0 heterocycles. The van der Waals surface area contributed by atoms with Crippen molar-refractivity contribution in [3.8, 4) is 0 Å². The highest BCUT2D eigenvalue weighted by Crippen LogP contribution is 2.08. The molecule has 0 radical (unpaired) electrons. The van der Waals surface area contributed by atoms with Crippen molar-refractivity contribution in [3.63, 3.8) is 0 Å². The lowest BCUT2D eigenvalue weighted by Crippen LogP contribution is -2.28. The maximum Gasteiger partial charge on any atom is 0.273 e. The molecule has 1 aromatic rings. The van der Waals surface area contributed by atoms with Crippen molar-refractivity contribution in [1.82, 2.24) is 5.32 Å². The molecule has 14 heavy (non-hydrogen) atoms. The van der Waals surface area contributed by atoms with Gasteiger partial charge < -0.3 is 10.5 Å². The molecule has 1 amide bonds. The summed E-state index contributed by atoms with van der Waals surface area (Å²) >= 11 is 0. The monoisotopic (exact) mass is 192 g/mol. The number of oxime groups is 1. The van der Waals surface area contributed by atoms with Crippen molar-refractivity contribution >= 4 is 11.6 Å². The Hall–Kier alpha value is -1.84. The van der Waals surface area contributed by atoms with Crippen molar-refractivity contribution < 1.29 is 10.0 Å². The molecule has 2 N–H and O–H groups in total. The molecule has 1 rings (SSSR count). The van der Waals surface area contributed by atoms with Crippen molar-refractivity contribution in [1.29, 1.82) is 0 Å². The van der Waals surface area contributed by atoms with E-state index in [2.05, 4.69) is 10.5 Å². The third-order valence-electron chi connectivity index (χ3n) is 1.94. The quantitative estimate of drug-likeness (QED) is 0.416. The second kappa shape index (κ2) is 4.41. The molecule has 1 aromatic carbocycles. The molecule has 0 aromatic heterocycles. The molecule has 74 valence electrons. The van der Waals surface area contributed by atoms with E-state index in [1.165, 1.54) is 7.05 Å². The SMILES string of the molecule is CNC(=O)/C(=N\O)c1ccccc1C. The number of carbonyl (C=O) groups is 1. The van der Waals surface area contributed by atoms with E-state index in [4.69, 9.17) is 5.21 Å². The van der Waals surface area contributed by atoms with E-state index < -0.39 is 5.91 Å². The molecule has 0 saturated carbocycles. The zero-order valence-electron chi connectivity index (χ0n) is 8.11. The third-order valence-corrected chi connectivity index (χ3v) is 1.94. The van der Waals surface area contributed by atoms with Crippen molar-refractivity contribution in [2.75, 3.05) is 7.05 Å². The number of likely N-dealkylation sites (N-methyl/N-ethyl adjacent to an activating group) is 1. The van der Waals surface area contributed by atoms with Crippen LogP contribution >= 0.6 is 0 Å². The minimum absolute atomic E-state index is 0.0330. The summed E-state index contributed by atoms with van der Waals surface area (Å²) in [5, 5.41) is 14.1. The summed E-state index contributed by atoms with van der Waals surface area (Å²) in [6.07, 6.45) is 0. The largest absolute Gasteiger partial charge is 0.410 e. The molecule has 4 nitrogen and oxygen atoms in total. The summed E-state index contributed by atoms with van der Waals surface area (Å²) in [5.41, 5.74) is 1.56. The highest BCUT2D eigenvalue weighted by molar-refractivity contribution is 6.45. The first kappa shape index (κ1) is 10.2. The van der Waals surface area contributed by atoms with E-state index in [9.17, 15) is 4.79 Å². The van der Waals surface area contributed by atoms with Crippen molar-refractivity contribution in [3.05, 3.63) is 35.4 Å². The van der Waals surface area contributed by atoms with Gasteiger partial charge >= 0.3 is 0 Å². The van der Waals surface area contributed by atoms with E-state index in [1.807, 2.05) is 19.1 Å². The van der Waals surface area contributed by atoms with Gasteiger partial charge in [0.15, 0.2) is 5.71 Å². The number of aryl methyl sites for hydroxylation is 1. The first-order valence-corrected chi connectivity index (χ1v) is 4.21. The van der Waals surface area contributed by atoms with E-state index >= 15 is 0 Å². The van der Waals surface area contributed by atoms with Crippen LogP contribution in [0.25, 0.3) is 0 Å². The summed E-state index contributed by atoms with van der Waals surface area (Å²) in [6, 6.07) is 7.23. The summed E-state index contributed by atoms with van der Waals surface area (Å²) in [4.78, 5) is 11.3. The van der Waals surface area contributed by atoms with E-state index in [-0.39, 0.29) is 5.71 Å². The maximum absolute atomic E-state index is 11.3. The maximum atomic E-state index is 11.3. The number of nitrogens with zero attached hydrogens (tertiary/aromatic N) is 1. The highest BCUT2D eigenvalue weighted by Gasteiger charge is 2.14. The number of rotatable bonds is 2. The van der Waals surface area contributed by atoms with Crippen LogP contribution in [0.5, 0.6) is 0 Å². The second-order valence-electron chi connectivity index (χ2n) is 2.84. The van der Waals surface area contributed by atoms with Crippen LogP contribution in [0.4, 0.5) is 0 Å².